The van der Waals surface area contributed by atoms with E-state index in [0.29, 0.717) is 6.61 Å². The van der Waals surface area contributed by atoms with Crippen molar-refractivity contribution in [2.24, 2.45) is 0 Å². The third-order valence-electron chi connectivity index (χ3n) is 2.54. The molecule has 0 spiro atoms. The van der Waals surface area contributed by atoms with E-state index in [1.165, 1.54) is 38.5 Å². The lowest BCUT2D eigenvalue weighted by molar-refractivity contribution is 0.328. The van der Waals surface area contributed by atoms with E-state index in [1.54, 1.807) is 0 Å². The molecular formula is C13H27O2P. The fourth-order valence-corrected chi connectivity index (χ4v) is 2.55. The van der Waals surface area contributed by atoms with Gasteiger partial charge in [0.05, 0.1) is 6.61 Å². The Morgan fingerprint density at radius 1 is 1.06 bits per heavy atom. The second kappa shape index (κ2) is 13.2. The molecule has 1 N–H and O–H groups in total. The van der Waals surface area contributed by atoms with Crippen molar-refractivity contribution in [3.63, 3.8) is 0 Å². The SMILES string of the molecule is C=CCCCCCCCCCP(O)OCC. The zero-order valence-electron chi connectivity index (χ0n) is 10.7. The van der Waals surface area contributed by atoms with Crippen molar-refractivity contribution in [2.75, 3.05) is 12.8 Å². The summed E-state index contributed by atoms with van der Waals surface area (Å²) < 4.78 is 5.12. The summed E-state index contributed by atoms with van der Waals surface area (Å²) in [6.45, 7) is 6.27. The maximum Gasteiger partial charge on any atom is 0.167 e. The molecule has 0 amide bonds. The van der Waals surface area contributed by atoms with Crippen LogP contribution in [-0.4, -0.2) is 17.7 Å². The minimum atomic E-state index is -1.12. The molecule has 0 aliphatic heterocycles. The Labute approximate surface area is 102 Å². The maximum atomic E-state index is 9.38. The third kappa shape index (κ3) is 12.2. The van der Waals surface area contributed by atoms with Crippen LogP contribution in [0.25, 0.3) is 0 Å². The second-order valence-electron chi connectivity index (χ2n) is 4.05. The molecule has 0 aliphatic rings. The van der Waals surface area contributed by atoms with Gasteiger partial charge in [0.15, 0.2) is 8.38 Å². The molecule has 0 aliphatic carbocycles. The van der Waals surface area contributed by atoms with Gasteiger partial charge < -0.3 is 9.42 Å². The van der Waals surface area contributed by atoms with E-state index in [9.17, 15) is 4.89 Å². The number of allylic oxidation sites excluding steroid dienone is 1. The molecule has 0 aromatic rings. The van der Waals surface area contributed by atoms with Gasteiger partial charge in [-0.25, -0.2) is 0 Å². The van der Waals surface area contributed by atoms with Gasteiger partial charge in [0.1, 0.15) is 0 Å². The summed E-state index contributed by atoms with van der Waals surface area (Å²) in [5.41, 5.74) is 0. The highest BCUT2D eigenvalue weighted by atomic mass is 31.2. The van der Waals surface area contributed by atoms with Crippen molar-refractivity contribution < 1.29 is 9.42 Å². The molecule has 0 rings (SSSR count). The van der Waals surface area contributed by atoms with Gasteiger partial charge in [0.2, 0.25) is 0 Å². The average Bonchev–Trinajstić information content (AvgIpc) is 2.27. The van der Waals surface area contributed by atoms with Crippen molar-refractivity contribution >= 4 is 8.38 Å². The second-order valence-corrected chi connectivity index (χ2v) is 5.46. The van der Waals surface area contributed by atoms with E-state index >= 15 is 0 Å². The van der Waals surface area contributed by atoms with Crippen LogP contribution in [0.15, 0.2) is 12.7 Å². The molecule has 96 valence electrons. The van der Waals surface area contributed by atoms with Gasteiger partial charge in [-0.2, -0.15) is 0 Å². The van der Waals surface area contributed by atoms with Crippen LogP contribution in [0.2, 0.25) is 0 Å². The van der Waals surface area contributed by atoms with E-state index in [-0.39, 0.29) is 0 Å². The minimum Gasteiger partial charge on any atom is -0.350 e. The summed E-state index contributed by atoms with van der Waals surface area (Å²) in [5.74, 6) is 0. The van der Waals surface area contributed by atoms with E-state index in [4.69, 9.17) is 4.52 Å². The van der Waals surface area contributed by atoms with E-state index < -0.39 is 8.38 Å². The van der Waals surface area contributed by atoms with Gasteiger partial charge in [-0.05, 0) is 26.2 Å². The first-order valence-corrected chi connectivity index (χ1v) is 7.91. The lowest BCUT2D eigenvalue weighted by Crippen LogP contribution is -1.90. The van der Waals surface area contributed by atoms with Crippen LogP contribution in [0.1, 0.15) is 58.3 Å². The molecule has 0 saturated carbocycles. The highest BCUT2D eigenvalue weighted by molar-refractivity contribution is 7.46. The smallest absolute Gasteiger partial charge is 0.167 e. The zero-order valence-corrected chi connectivity index (χ0v) is 11.6. The largest absolute Gasteiger partial charge is 0.350 e. The Balaban J connectivity index is 3.00. The molecule has 3 heteroatoms. The summed E-state index contributed by atoms with van der Waals surface area (Å²) in [6, 6.07) is 0. The number of rotatable bonds is 12. The summed E-state index contributed by atoms with van der Waals surface area (Å²) >= 11 is 0. The molecule has 0 radical (unpaired) electrons. The molecule has 2 nitrogen and oxygen atoms in total. The van der Waals surface area contributed by atoms with E-state index in [0.717, 1.165) is 19.0 Å². The fourth-order valence-electron chi connectivity index (χ4n) is 1.63. The Hall–Kier alpha value is 0.0900. The molecule has 0 heterocycles. The van der Waals surface area contributed by atoms with Crippen molar-refractivity contribution in [3.05, 3.63) is 12.7 Å². The first-order chi connectivity index (χ1) is 7.81. The van der Waals surface area contributed by atoms with Crippen LogP contribution >= 0.6 is 8.38 Å². The summed E-state index contributed by atoms with van der Waals surface area (Å²) in [7, 11) is -1.12. The van der Waals surface area contributed by atoms with Crippen LogP contribution in [-0.2, 0) is 4.52 Å². The average molecular weight is 246 g/mol. The van der Waals surface area contributed by atoms with Gasteiger partial charge in [-0.3, -0.25) is 0 Å². The Bertz CT molecular complexity index is 151. The van der Waals surface area contributed by atoms with E-state index in [2.05, 4.69) is 6.58 Å². The topological polar surface area (TPSA) is 29.5 Å². The van der Waals surface area contributed by atoms with Crippen LogP contribution in [0, 0.1) is 0 Å². The van der Waals surface area contributed by atoms with Gasteiger partial charge in [0.25, 0.3) is 0 Å². The van der Waals surface area contributed by atoms with Crippen molar-refractivity contribution in [1.82, 2.24) is 0 Å². The normalized spacial score (nSPS) is 12.6. The van der Waals surface area contributed by atoms with Gasteiger partial charge in [0, 0.05) is 6.16 Å². The highest BCUT2D eigenvalue weighted by Gasteiger charge is 2.02. The standard InChI is InChI=1S/C13H27O2P/c1-3-5-6-7-8-9-10-11-12-13-16(14)15-4-2/h3,14H,1,4-13H2,2H3. The third-order valence-corrected chi connectivity index (χ3v) is 3.79. The first-order valence-electron chi connectivity index (χ1n) is 6.51. The molecule has 1 atom stereocenters. The van der Waals surface area contributed by atoms with Crippen LogP contribution in [0.4, 0.5) is 0 Å². The predicted molar refractivity (Wildman–Crippen MR) is 72.8 cm³/mol. The molecule has 0 aromatic heterocycles. The molecule has 0 fully saturated rings. The van der Waals surface area contributed by atoms with Gasteiger partial charge >= 0.3 is 0 Å². The van der Waals surface area contributed by atoms with Gasteiger partial charge in [-0.1, -0.05) is 38.2 Å². The van der Waals surface area contributed by atoms with Crippen molar-refractivity contribution in [1.29, 1.82) is 0 Å². The zero-order chi connectivity index (χ0) is 12.1. The van der Waals surface area contributed by atoms with Crippen molar-refractivity contribution in [3.8, 4) is 0 Å². The number of hydrogen-bond donors (Lipinski definition) is 1. The molecule has 0 saturated heterocycles. The number of unbranched alkanes of at least 4 members (excludes halogenated alkanes) is 7. The first kappa shape index (κ1) is 16.1. The van der Waals surface area contributed by atoms with Crippen LogP contribution in [0.3, 0.4) is 0 Å². The predicted octanol–water partition coefficient (Wildman–Crippen LogP) is 4.63. The molecule has 0 aromatic carbocycles. The maximum absolute atomic E-state index is 9.38. The summed E-state index contributed by atoms with van der Waals surface area (Å²) in [6.07, 6.45) is 12.9. The lowest BCUT2D eigenvalue weighted by atomic mass is 10.1. The van der Waals surface area contributed by atoms with Crippen LogP contribution < -0.4 is 0 Å². The summed E-state index contributed by atoms with van der Waals surface area (Å²) in [4.78, 5) is 9.38. The molecule has 0 bridgehead atoms. The Kier molecular flexibility index (Phi) is 13.2. The number of hydrogen-bond acceptors (Lipinski definition) is 2. The van der Waals surface area contributed by atoms with Gasteiger partial charge in [-0.15, -0.1) is 6.58 Å². The van der Waals surface area contributed by atoms with Crippen LogP contribution in [0.5, 0.6) is 0 Å². The molecule has 1 unspecified atom stereocenters. The molecule has 16 heavy (non-hydrogen) atoms. The lowest BCUT2D eigenvalue weighted by Gasteiger charge is -2.08. The van der Waals surface area contributed by atoms with E-state index in [1.807, 2.05) is 13.0 Å². The molecular weight excluding hydrogens is 219 g/mol. The van der Waals surface area contributed by atoms with Crippen molar-refractivity contribution in [2.45, 2.75) is 58.3 Å². The Morgan fingerprint density at radius 3 is 2.19 bits per heavy atom. The fraction of sp³-hybridized carbons (Fsp3) is 0.846. The monoisotopic (exact) mass is 246 g/mol. The Morgan fingerprint density at radius 2 is 1.62 bits per heavy atom. The quantitative estimate of drug-likeness (QED) is 0.309. The minimum absolute atomic E-state index is 0.630. The summed E-state index contributed by atoms with van der Waals surface area (Å²) in [5, 5.41) is 0. The highest BCUT2D eigenvalue weighted by Crippen LogP contribution is 2.32.